The Morgan fingerprint density at radius 1 is 1.45 bits per heavy atom. The summed E-state index contributed by atoms with van der Waals surface area (Å²) >= 11 is 3.51. The van der Waals surface area contributed by atoms with Crippen LogP contribution in [0.3, 0.4) is 0 Å². The number of carbonyl (C=O) groups excluding carboxylic acids is 1. The summed E-state index contributed by atoms with van der Waals surface area (Å²) in [6, 6.07) is 0. The summed E-state index contributed by atoms with van der Waals surface area (Å²) in [6.45, 7) is 0. The van der Waals surface area contributed by atoms with Crippen molar-refractivity contribution in [1.82, 2.24) is 0 Å². The van der Waals surface area contributed by atoms with Gasteiger partial charge in [-0.15, -0.1) is 0 Å². The molecular weight excluding hydrogens is 204 g/mol. The molecule has 0 aromatic carbocycles. The van der Waals surface area contributed by atoms with Crippen molar-refractivity contribution in [3.8, 4) is 0 Å². The van der Waals surface area contributed by atoms with Gasteiger partial charge in [-0.3, -0.25) is 4.79 Å². The maximum atomic E-state index is 10.0. The second-order valence-electron chi connectivity index (χ2n) is 2.41. The van der Waals surface area contributed by atoms with Gasteiger partial charge in [0.25, 0.3) is 0 Å². The number of rotatable bonds is 2. The lowest BCUT2D eigenvalue weighted by atomic mass is 10.0. The number of alkyl halides is 1. The van der Waals surface area contributed by atoms with E-state index in [4.69, 9.17) is 0 Å². The minimum atomic E-state index is -0.136. The van der Waals surface area contributed by atoms with Gasteiger partial charge >= 0.3 is 0 Å². The minimum absolute atomic E-state index is 0.136. The van der Waals surface area contributed by atoms with Crippen LogP contribution in [0.2, 0.25) is 0 Å². The molecule has 58 valence electrons. The molecule has 11 heavy (non-hydrogen) atoms. The molecule has 0 saturated heterocycles. The summed E-state index contributed by atoms with van der Waals surface area (Å²) in [5.74, 6) is 0. The summed E-state index contributed by atoms with van der Waals surface area (Å²) in [6.07, 6.45) is 13.1. The third kappa shape index (κ3) is 2.46. The van der Waals surface area contributed by atoms with Gasteiger partial charge in [-0.2, -0.15) is 0 Å². The van der Waals surface area contributed by atoms with E-state index in [0.29, 0.717) is 0 Å². The van der Waals surface area contributed by atoms with Crippen molar-refractivity contribution in [2.75, 3.05) is 0 Å². The first kappa shape index (κ1) is 8.47. The molecule has 0 saturated carbocycles. The SMILES string of the molecule is O=C/C=C/C1(Br)C=CC=CC1. The Balaban J connectivity index is 2.67. The monoisotopic (exact) mass is 212 g/mol. The summed E-state index contributed by atoms with van der Waals surface area (Å²) in [7, 11) is 0. The third-order valence-electron chi connectivity index (χ3n) is 1.50. The van der Waals surface area contributed by atoms with Crippen molar-refractivity contribution in [1.29, 1.82) is 0 Å². The van der Waals surface area contributed by atoms with Crippen LogP contribution in [0.1, 0.15) is 6.42 Å². The number of hydrogen-bond donors (Lipinski definition) is 0. The molecule has 1 nitrogen and oxygen atoms in total. The summed E-state index contributed by atoms with van der Waals surface area (Å²) in [5.41, 5.74) is 0. The van der Waals surface area contributed by atoms with Crippen LogP contribution in [0, 0.1) is 0 Å². The van der Waals surface area contributed by atoms with E-state index in [1.165, 1.54) is 6.08 Å². The highest BCUT2D eigenvalue weighted by molar-refractivity contribution is 9.10. The molecule has 1 aliphatic rings. The van der Waals surface area contributed by atoms with E-state index in [9.17, 15) is 4.79 Å². The molecule has 1 atom stereocenters. The van der Waals surface area contributed by atoms with E-state index < -0.39 is 0 Å². The fourth-order valence-electron chi connectivity index (χ4n) is 0.934. The first-order valence-electron chi connectivity index (χ1n) is 3.43. The molecule has 1 unspecified atom stereocenters. The van der Waals surface area contributed by atoms with Gasteiger partial charge < -0.3 is 0 Å². The molecular formula is C9H9BrO. The van der Waals surface area contributed by atoms with Crippen molar-refractivity contribution in [2.24, 2.45) is 0 Å². The molecule has 0 spiro atoms. The molecule has 0 radical (unpaired) electrons. The van der Waals surface area contributed by atoms with Gasteiger partial charge in [-0.1, -0.05) is 46.3 Å². The van der Waals surface area contributed by atoms with Gasteiger partial charge in [0.2, 0.25) is 0 Å². The average molecular weight is 213 g/mol. The zero-order valence-corrected chi connectivity index (χ0v) is 7.62. The number of carbonyl (C=O) groups is 1. The average Bonchev–Trinajstić information content (AvgIpc) is 2.03. The Bertz CT molecular complexity index is 228. The van der Waals surface area contributed by atoms with Crippen LogP contribution in [-0.2, 0) is 4.79 Å². The first-order valence-corrected chi connectivity index (χ1v) is 4.22. The van der Waals surface area contributed by atoms with Crippen molar-refractivity contribution < 1.29 is 4.79 Å². The van der Waals surface area contributed by atoms with E-state index in [2.05, 4.69) is 22.0 Å². The van der Waals surface area contributed by atoms with Crippen molar-refractivity contribution >= 4 is 22.2 Å². The fraction of sp³-hybridized carbons (Fsp3) is 0.222. The third-order valence-corrected chi connectivity index (χ3v) is 2.36. The predicted molar refractivity (Wildman–Crippen MR) is 49.8 cm³/mol. The quantitative estimate of drug-likeness (QED) is 0.391. The van der Waals surface area contributed by atoms with Gasteiger partial charge in [0.1, 0.15) is 6.29 Å². The van der Waals surface area contributed by atoms with Crippen LogP contribution in [-0.4, -0.2) is 10.6 Å². The molecule has 0 bridgehead atoms. The first-order chi connectivity index (χ1) is 5.27. The van der Waals surface area contributed by atoms with Gasteiger partial charge in [-0.05, 0) is 12.5 Å². The zero-order valence-electron chi connectivity index (χ0n) is 6.03. The highest BCUT2D eigenvalue weighted by Gasteiger charge is 2.18. The van der Waals surface area contributed by atoms with E-state index in [1.54, 1.807) is 0 Å². The highest BCUT2D eigenvalue weighted by Crippen LogP contribution is 2.28. The Labute approximate surface area is 74.6 Å². The van der Waals surface area contributed by atoms with Gasteiger partial charge in [0, 0.05) is 0 Å². The summed E-state index contributed by atoms with van der Waals surface area (Å²) in [4.78, 5) is 10.0. The maximum Gasteiger partial charge on any atom is 0.142 e. The number of allylic oxidation sites excluding steroid dienone is 6. The fourth-order valence-corrected chi connectivity index (χ4v) is 1.43. The van der Waals surface area contributed by atoms with Crippen LogP contribution >= 0.6 is 15.9 Å². The summed E-state index contributed by atoms with van der Waals surface area (Å²) in [5, 5.41) is 0. The molecule has 0 N–H and O–H groups in total. The molecule has 0 fully saturated rings. The topological polar surface area (TPSA) is 17.1 Å². The van der Waals surface area contributed by atoms with Gasteiger partial charge in [0.05, 0.1) is 4.32 Å². The van der Waals surface area contributed by atoms with Crippen molar-refractivity contribution in [3.63, 3.8) is 0 Å². The van der Waals surface area contributed by atoms with E-state index >= 15 is 0 Å². The standard InChI is InChI=1S/C9H9BrO/c10-9(7-4-8-11)5-2-1-3-6-9/h1-5,7-8H,6H2/b7-4+. The molecule has 0 amide bonds. The molecule has 0 heterocycles. The van der Waals surface area contributed by atoms with E-state index in [1.807, 2.05) is 24.3 Å². The lowest BCUT2D eigenvalue weighted by molar-refractivity contribution is -0.104. The van der Waals surface area contributed by atoms with Crippen LogP contribution in [0.5, 0.6) is 0 Å². The van der Waals surface area contributed by atoms with Gasteiger partial charge in [-0.25, -0.2) is 0 Å². The van der Waals surface area contributed by atoms with Crippen LogP contribution in [0.4, 0.5) is 0 Å². The van der Waals surface area contributed by atoms with E-state index in [0.717, 1.165) is 12.7 Å². The number of aldehydes is 1. The van der Waals surface area contributed by atoms with Crippen molar-refractivity contribution in [2.45, 2.75) is 10.7 Å². The Kier molecular flexibility index (Phi) is 2.83. The number of hydrogen-bond acceptors (Lipinski definition) is 1. The smallest absolute Gasteiger partial charge is 0.142 e. The van der Waals surface area contributed by atoms with Gasteiger partial charge in [0.15, 0.2) is 0 Å². The molecule has 1 aliphatic carbocycles. The largest absolute Gasteiger partial charge is 0.299 e. The van der Waals surface area contributed by atoms with Crippen LogP contribution < -0.4 is 0 Å². The lowest BCUT2D eigenvalue weighted by Gasteiger charge is -2.18. The molecule has 0 aromatic heterocycles. The highest BCUT2D eigenvalue weighted by atomic mass is 79.9. The van der Waals surface area contributed by atoms with E-state index in [-0.39, 0.29) is 4.32 Å². The Morgan fingerprint density at radius 2 is 2.27 bits per heavy atom. The van der Waals surface area contributed by atoms with Crippen LogP contribution in [0.25, 0.3) is 0 Å². The second-order valence-corrected chi connectivity index (χ2v) is 3.89. The predicted octanol–water partition coefficient (Wildman–Crippen LogP) is 2.39. The molecule has 0 aromatic rings. The number of halogens is 1. The zero-order chi connectivity index (χ0) is 8.16. The molecule has 0 aliphatic heterocycles. The Morgan fingerprint density at radius 3 is 2.82 bits per heavy atom. The maximum absolute atomic E-state index is 10.0. The summed E-state index contributed by atoms with van der Waals surface area (Å²) < 4.78 is -0.136. The molecule has 1 rings (SSSR count). The normalized spacial score (nSPS) is 29.5. The minimum Gasteiger partial charge on any atom is -0.299 e. The lowest BCUT2D eigenvalue weighted by Crippen LogP contribution is -2.13. The molecule has 2 heteroatoms. The van der Waals surface area contributed by atoms with Crippen LogP contribution in [0.15, 0.2) is 36.5 Å². The second kappa shape index (κ2) is 3.67. The Hall–Kier alpha value is -0.630. The van der Waals surface area contributed by atoms with Crippen molar-refractivity contribution in [3.05, 3.63) is 36.5 Å².